The topological polar surface area (TPSA) is 37.4 Å². The van der Waals surface area contributed by atoms with Gasteiger partial charge in [-0.1, -0.05) is 24.6 Å². The second kappa shape index (κ2) is 5.19. The quantitative estimate of drug-likeness (QED) is 0.838. The highest BCUT2D eigenvalue weighted by Gasteiger charge is 2.29. The summed E-state index contributed by atoms with van der Waals surface area (Å²) in [5, 5.41) is 0.501. The number of hydrogen-bond acceptors (Lipinski definition) is 2. The Morgan fingerprint density at radius 1 is 1.28 bits per heavy atom. The maximum atomic E-state index is 12.5. The van der Waals surface area contributed by atoms with Gasteiger partial charge in [-0.05, 0) is 43.4 Å². The SMILES string of the molecule is Cc1c(Cl)cccc1S(=O)(=O)N1CCC(C)CC1. The highest BCUT2D eigenvalue weighted by Crippen LogP contribution is 2.28. The van der Waals surface area contributed by atoms with Gasteiger partial charge in [-0.3, -0.25) is 0 Å². The molecule has 0 aromatic heterocycles. The van der Waals surface area contributed by atoms with Gasteiger partial charge >= 0.3 is 0 Å². The largest absolute Gasteiger partial charge is 0.243 e. The van der Waals surface area contributed by atoms with Gasteiger partial charge in [-0.2, -0.15) is 4.31 Å². The van der Waals surface area contributed by atoms with E-state index in [1.807, 2.05) is 0 Å². The van der Waals surface area contributed by atoms with Crippen LogP contribution in [0.25, 0.3) is 0 Å². The minimum atomic E-state index is -3.39. The van der Waals surface area contributed by atoms with Gasteiger partial charge in [-0.15, -0.1) is 0 Å². The van der Waals surface area contributed by atoms with Gasteiger partial charge in [0, 0.05) is 18.1 Å². The van der Waals surface area contributed by atoms with Crippen LogP contribution in [0.2, 0.25) is 5.02 Å². The molecule has 1 saturated heterocycles. The summed E-state index contributed by atoms with van der Waals surface area (Å²) in [5.41, 5.74) is 0.637. The van der Waals surface area contributed by atoms with E-state index in [1.165, 1.54) is 0 Å². The van der Waals surface area contributed by atoms with Crippen molar-refractivity contribution in [1.82, 2.24) is 4.31 Å². The van der Waals surface area contributed by atoms with E-state index in [0.29, 0.717) is 34.5 Å². The Bertz CT molecular complexity index is 534. The van der Waals surface area contributed by atoms with Crippen LogP contribution in [-0.4, -0.2) is 25.8 Å². The van der Waals surface area contributed by atoms with Crippen molar-refractivity contribution in [2.45, 2.75) is 31.6 Å². The third kappa shape index (κ3) is 2.56. The van der Waals surface area contributed by atoms with Crippen molar-refractivity contribution in [1.29, 1.82) is 0 Å². The molecular weight excluding hydrogens is 270 g/mol. The first kappa shape index (κ1) is 13.8. The van der Waals surface area contributed by atoms with Gasteiger partial charge in [0.15, 0.2) is 0 Å². The van der Waals surface area contributed by atoms with Crippen LogP contribution in [0, 0.1) is 12.8 Å². The average Bonchev–Trinajstić information content (AvgIpc) is 2.33. The zero-order valence-electron chi connectivity index (χ0n) is 10.7. The maximum Gasteiger partial charge on any atom is 0.243 e. The van der Waals surface area contributed by atoms with Gasteiger partial charge in [0.25, 0.3) is 0 Å². The molecule has 0 N–H and O–H groups in total. The molecule has 2 rings (SSSR count). The number of sulfonamides is 1. The van der Waals surface area contributed by atoms with E-state index in [1.54, 1.807) is 29.4 Å². The lowest BCUT2D eigenvalue weighted by Crippen LogP contribution is -2.38. The molecule has 100 valence electrons. The Balaban J connectivity index is 2.34. The normalized spacial score (nSPS) is 19.1. The fourth-order valence-electron chi connectivity index (χ4n) is 2.23. The van der Waals surface area contributed by atoms with Crippen molar-refractivity contribution in [2.75, 3.05) is 13.1 Å². The maximum absolute atomic E-state index is 12.5. The molecule has 3 nitrogen and oxygen atoms in total. The summed E-state index contributed by atoms with van der Waals surface area (Å²) >= 11 is 6.00. The first-order chi connectivity index (χ1) is 8.43. The lowest BCUT2D eigenvalue weighted by Gasteiger charge is -2.29. The Kier molecular flexibility index (Phi) is 3.99. The predicted octanol–water partition coefficient (Wildman–Crippen LogP) is 3.07. The van der Waals surface area contributed by atoms with Gasteiger partial charge in [0.2, 0.25) is 10.0 Å². The number of nitrogens with zero attached hydrogens (tertiary/aromatic N) is 1. The molecule has 0 radical (unpaired) electrons. The van der Waals surface area contributed by atoms with Crippen LogP contribution in [0.3, 0.4) is 0 Å². The molecule has 1 aliphatic rings. The second-order valence-corrected chi connectivity index (χ2v) is 7.26. The third-order valence-corrected chi connectivity index (χ3v) is 6.03. The smallest absolute Gasteiger partial charge is 0.207 e. The summed E-state index contributed by atoms with van der Waals surface area (Å²) in [6, 6.07) is 5.04. The molecule has 0 unspecified atom stereocenters. The molecular formula is C13H18ClNO2S. The Hall–Kier alpha value is -0.580. The molecule has 0 aliphatic carbocycles. The fourth-order valence-corrected chi connectivity index (χ4v) is 4.18. The summed E-state index contributed by atoms with van der Waals surface area (Å²) in [6.07, 6.45) is 1.86. The van der Waals surface area contributed by atoms with Crippen LogP contribution in [0.15, 0.2) is 23.1 Å². The van der Waals surface area contributed by atoms with Crippen molar-refractivity contribution in [3.8, 4) is 0 Å². The van der Waals surface area contributed by atoms with Crippen LogP contribution in [-0.2, 0) is 10.0 Å². The van der Waals surface area contributed by atoms with E-state index >= 15 is 0 Å². The van der Waals surface area contributed by atoms with E-state index in [9.17, 15) is 8.42 Å². The molecule has 1 aromatic rings. The van der Waals surface area contributed by atoms with E-state index in [-0.39, 0.29) is 0 Å². The standard InChI is InChI=1S/C13H18ClNO2S/c1-10-6-8-15(9-7-10)18(16,17)13-5-3-4-12(14)11(13)2/h3-5,10H,6-9H2,1-2H3. The molecule has 1 fully saturated rings. The zero-order chi connectivity index (χ0) is 13.3. The number of halogens is 1. The summed E-state index contributed by atoms with van der Waals surface area (Å²) in [4.78, 5) is 0.338. The first-order valence-electron chi connectivity index (χ1n) is 6.18. The molecule has 0 saturated carbocycles. The van der Waals surface area contributed by atoms with Crippen molar-refractivity contribution in [3.63, 3.8) is 0 Å². The monoisotopic (exact) mass is 287 g/mol. The molecule has 1 aromatic carbocycles. The molecule has 18 heavy (non-hydrogen) atoms. The number of hydrogen-bond donors (Lipinski definition) is 0. The molecule has 1 heterocycles. The van der Waals surface area contributed by atoms with Crippen molar-refractivity contribution >= 4 is 21.6 Å². The zero-order valence-corrected chi connectivity index (χ0v) is 12.3. The number of rotatable bonds is 2. The minimum absolute atomic E-state index is 0.338. The van der Waals surface area contributed by atoms with Crippen molar-refractivity contribution in [3.05, 3.63) is 28.8 Å². The summed E-state index contributed by atoms with van der Waals surface area (Å²) < 4.78 is 26.6. The highest BCUT2D eigenvalue weighted by atomic mass is 35.5. The Morgan fingerprint density at radius 2 is 1.89 bits per heavy atom. The van der Waals surface area contributed by atoms with E-state index in [4.69, 9.17) is 11.6 Å². The Labute approximate surface area is 114 Å². The van der Waals surface area contributed by atoms with Gasteiger partial charge < -0.3 is 0 Å². The molecule has 0 spiro atoms. The summed E-state index contributed by atoms with van der Waals surface area (Å²) in [5.74, 6) is 0.608. The second-order valence-electron chi connectivity index (χ2n) is 4.95. The van der Waals surface area contributed by atoms with Crippen molar-refractivity contribution < 1.29 is 8.42 Å². The highest BCUT2D eigenvalue weighted by molar-refractivity contribution is 7.89. The van der Waals surface area contributed by atoms with Crippen LogP contribution < -0.4 is 0 Å². The lowest BCUT2D eigenvalue weighted by atomic mass is 10.0. The van der Waals surface area contributed by atoms with Gasteiger partial charge in [0.05, 0.1) is 4.90 Å². The van der Waals surface area contributed by atoms with Crippen LogP contribution in [0.5, 0.6) is 0 Å². The molecule has 5 heteroatoms. The van der Waals surface area contributed by atoms with E-state index in [2.05, 4.69) is 6.92 Å². The molecule has 0 bridgehead atoms. The van der Waals surface area contributed by atoms with Crippen LogP contribution in [0.1, 0.15) is 25.3 Å². The summed E-state index contributed by atoms with van der Waals surface area (Å²) in [7, 11) is -3.39. The van der Waals surface area contributed by atoms with Crippen molar-refractivity contribution in [2.24, 2.45) is 5.92 Å². The van der Waals surface area contributed by atoms with E-state index < -0.39 is 10.0 Å². The fraction of sp³-hybridized carbons (Fsp3) is 0.538. The first-order valence-corrected chi connectivity index (χ1v) is 8.00. The molecule has 0 amide bonds. The lowest BCUT2D eigenvalue weighted by molar-refractivity contribution is 0.288. The van der Waals surface area contributed by atoms with E-state index in [0.717, 1.165) is 12.8 Å². The van der Waals surface area contributed by atoms with Crippen LogP contribution >= 0.6 is 11.6 Å². The average molecular weight is 288 g/mol. The molecule has 0 atom stereocenters. The third-order valence-electron chi connectivity index (χ3n) is 3.58. The van der Waals surface area contributed by atoms with Gasteiger partial charge in [-0.25, -0.2) is 8.42 Å². The Morgan fingerprint density at radius 3 is 2.50 bits per heavy atom. The number of benzene rings is 1. The van der Waals surface area contributed by atoms with Crippen LogP contribution in [0.4, 0.5) is 0 Å². The summed E-state index contributed by atoms with van der Waals surface area (Å²) in [6.45, 7) is 5.13. The number of piperidine rings is 1. The minimum Gasteiger partial charge on any atom is -0.207 e. The van der Waals surface area contributed by atoms with Gasteiger partial charge in [0.1, 0.15) is 0 Å². The molecule has 1 aliphatic heterocycles. The predicted molar refractivity (Wildman–Crippen MR) is 73.3 cm³/mol.